The van der Waals surface area contributed by atoms with E-state index in [4.69, 9.17) is 5.73 Å². The van der Waals surface area contributed by atoms with Crippen molar-refractivity contribution in [1.29, 1.82) is 0 Å². The Labute approximate surface area is 123 Å². The molecule has 5 heteroatoms. The fraction of sp³-hybridized carbons (Fsp3) is 0.333. The third-order valence-electron chi connectivity index (χ3n) is 3.00. The number of nitrogens with one attached hydrogen (secondary N) is 1. The number of hydrogen-bond donors (Lipinski definition) is 2. The quantitative estimate of drug-likeness (QED) is 0.886. The van der Waals surface area contributed by atoms with Crippen molar-refractivity contribution in [2.75, 3.05) is 0 Å². The van der Waals surface area contributed by atoms with Crippen molar-refractivity contribution in [2.24, 2.45) is 5.73 Å². The number of thiazole rings is 1. The van der Waals surface area contributed by atoms with E-state index in [1.165, 1.54) is 0 Å². The van der Waals surface area contributed by atoms with Crippen LogP contribution in [0.1, 0.15) is 28.4 Å². The van der Waals surface area contributed by atoms with Gasteiger partial charge in [0, 0.05) is 11.1 Å². The van der Waals surface area contributed by atoms with Gasteiger partial charge in [-0.2, -0.15) is 0 Å². The molecule has 3 N–H and O–H groups in total. The van der Waals surface area contributed by atoms with E-state index in [1.807, 2.05) is 50.4 Å². The number of benzene rings is 1. The lowest BCUT2D eigenvalue weighted by Crippen LogP contribution is -2.42. The van der Waals surface area contributed by atoms with Gasteiger partial charge in [0.25, 0.3) is 0 Å². The molecule has 0 bridgehead atoms. The van der Waals surface area contributed by atoms with Crippen LogP contribution in [0.4, 0.5) is 0 Å². The molecule has 1 unspecified atom stereocenters. The highest BCUT2D eigenvalue weighted by molar-refractivity contribution is 7.11. The average Bonchev–Trinajstić information content (AvgIpc) is 2.86. The molecule has 0 aliphatic rings. The minimum absolute atomic E-state index is 0.108. The number of nitrogens with two attached hydrogens (primary N) is 1. The Kier molecular flexibility index (Phi) is 4.87. The van der Waals surface area contributed by atoms with Crippen LogP contribution in [0, 0.1) is 6.92 Å². The van der Waals surface area contributed by atoms with Gasteiger partial charge in [-0.25, -0.2) is 4.98 Å². The molecule has 0 spiro atoms. The summed E-state index contributed by atoms with van der Waals surface area (Å²) in [5, 5.41) is 3.82. The summed E-state index contributed by atoms with van der Waals surface area (Å²) in [7, 11) is 0. The Bertz CT molecular complexity index is 568. The maximum absolute atomic E-state index is 12.1. The fourth-order valence-corrected chi connectivity index (χ4v) is 2.69. The van der Waals surface area contributed by atoms with E-state index in [2.05, 4.69) is 10.3 Å². The molecule has 1 heterocycles. The Morgan fingerprint density at radius 2 is 2.10 bits per heavy atom. The molecule has 0 aliphatic heterocycles. The number of hydrogen-bond acceptors (Lipinski definition) is 4. The van der Waals surface area contributed by atoms with Gasteiger partial charge in [0.15, 0.2) is 0 Å². The number of aromatic nitrogens is 1. The second kappa shape index (κ2) is 6.63. The average molecular weight is 289 g/mol. The third kappa shape index (κ3) is 3.88. The second-order valence-corrected chi connectivity index (χ2v) is 6.10. The van der Waals surface area contributed by atoms with E-state index < -0.39 is 6.04 Å². The van der Waals surface area contributed by atoms with Crippen LogP contribution < -0.4 is 11.1 Å². The van der Waals surface area contributed by atoms with Crippen LogP contribution in [0.3, 0.4) is 0 Å². The minimum Gasteiger partial charge on any atom is -0.346 e. The lowest BCUT2D eigenvalue weighted by Gasteiger charge is -2.16. The minimum atomic E-state index is -0.541. The second-order valence-electron chi connectivity index (χ2n) is 4.84. The highest BCUT2D eigenvalue weighted by atomic mass is 32.1. The van der Waals surface area contributed by atoms with Gasteiger partial charge >= 0.3 is 0 Å². The molecule has 0 saturated carbocycles. The van der Waals surface area contributed by atoms with E-state index in [-0.39, 0.29) is 11.9 Å². The highest BCUT2D eigenvalue weighted by Crippen LogP contribution is 2.18. The molecule has 2 rings (SSSR count). The number of carbonyl (C=O) groups is 1. The molecule has 1 amide bonds. The fourth-order valence-electron chi connectivity index (χ4n) is 1.92. The molecular weight excluding hydrogens is 270 g/mol. The molecule has 1 aromatic carbocycles. The summed E-state index contributed by atoms with van der Waals surface area (Å²) in [5.41, 5.74) is 7.01. The molecule has 1 aromatic heterocycles. The normalized spacial score (nSPS) is 13.8. The molecular formula is C15H19N3OS. The first kappa shape index (κ1) is 14.7. The monoisotopic (exact) mass is 289 g/mol. The summed E-state index contributed by atoms with van der Waals surface area (Å²) < 4.78 is 0. The third-order valence-corrected chi connectivity index (χ3v) is 4.10. The molecule has 2 atom stereocenters. The van der Waals surface area contributed by atoms with Crippen LogP contribution in [0.25, 0.3) is 0 Å². The van der Waals surface area contributed by atoms with Gasteiger partial charge in [-0.15, -0.1) is 11.3 Å². The van der Waals surface area contributed by atoms with Gasteiger partial charge in [0.2, 0.25) is 5.91 Å². The summed E-state index contributed by atoms with van der Waals surface area (Å²) in [6.45, 7) is 3.92. The first-order valence-corrected chi connectivity index (χ1v) is 7.40. The molecule has 0 saturated heterocycles. The molecule has 20 heavy (non-hydrogen) atoms. The smallest absolute Gasteiger partial charge is 0.237 e. The van der Waals surface area contributed by atoms with Gasteiger partial charge < -0.3 is 11.1 Å². The number of rotatable bonds is 5. The Hall–Kier alpha value is -1.72. The molecule has 2 aromatic rings. The number of amides is 1. The standard InChI is InChI=1S/C15H19N3OS/c1-10-9-17-15(20-10)11(2)18-14(19)13(16)8-12-6-4-3-5-7-12/h3-7,9,11,13H,8,16H2,1-2H3,(H,18,19)/t11?,13-/m1/s1. The molecule has 0 fully saturated rings. The first-order chi connectivity index (χ1) is 9.56. The molecule has 4 nitrogen and oxygen atoms in total. The van der Waals surface area contributed by atoms with Crippen LogP contribution in [0.2, 0.25) is 0 Å². The summed E-state index contributed by atoms with van der Waals surface area (Å²) in [6, 6.07) is 9.13. The van der Waals surface area contributed by atoms with Crippen molar-refractivity contribution >= 4 is 17.2 Å². The van der Waals surface area contributed by atoms with Gasteiger partial charge in [0.1, 0.15) is 5.01 Å². The van der Waals surface area contributed by atoms with Crippen LogP contribution in [0.5, 0.6) is 0 Å². The maximum atomic E-state index is 12.1. The van der Waals surface area contributed by atoms with Gasteiger partial charge in [-0.1, -0.05) is 30.3 Å². The molecule has 0 radical (unpaired) electrons. The Balaban J connectivity index is 1.91. The van der Waals surface area contributed by atoms with Crippen LogP contribution in [0.15, 0.2) is 36.5 Å². The topological polar surface area (TPSA) is 68.0 Å². The first-order valence-electron chi connectivity index (χ1n) is 6.58. The van der Waals surface area contributed by atoms with Crippen LogP contribution in [-0.2, 0) is 11.2 Å². The van der Waals surface area contributed by atoms with Crippen molar-refractivity contribution in [3.05, 3.63) is 52.0 Å². The number of carbonyl (C=O) groups excluding carboxylic acids is 1. The van der Waals surface area contributed by atoms with E-state index in [1.54, 1.807) is 11.3 Å². The van der Waals surface area contributed by atoms with Crippen LogP contribution in [-0.4, -0.2) is 16.9 Å². The Morgan fingerprint density at radius 1 is 1.40 bits per heavy atom. The van der Waals surface area contributed by atoms with E-state index >= 15 is 0 Å². The van der Waals surface area contributed by atoms with Crippen molar-refractivity contribution in [3.63, 3.8) is 0 Å². The zero-order valence-electron chi connectivity index (χ0n) is 11.7. The molecule has 106 valence electrons. The predicted molar refractivity (Wildman–Crippen MR) is 81.5 cm³/mol. The van der Waals surface area contributed by atoms with Crippen molar-refractivity contribution < 1.29 is 4.79 Å². The van der Waals surface area contributed by atoms with E-state index in [9.17, 15) is 4.79 Å². The summed E-state index contributed by atoms with van der Waals surface area (Å²) in [6.07, 6.45) is 2.35. The lowest BCUT2D eigenvalue weighted by atomic mass is 10.1. The van der Waals surface area contributed by atoms with Gasteiger partial charge in [-0.05, 0) is 25.8 Å². The van der Waals surface area contributed by atoms with Gasteiger partial charge in [-0.3, -0.25) is 4.79 Å². The lowest BCUT2D eigenvalue weighted by molar-refractivity contribution is -0.123. The van der Waals surface area contributed by atoms with Crippen molar-refractivity contribution in [3.8, 4) is 0 Å². The highest BCUT2D eigenvalue weighted by Gasteiger charge is 2.18. The summed E-state index contributed by atoms with van der Waals surface area (Å²) in [5.74, 6) is -0.144. The van der Waals surface area contributed by atoms with Crippen molar-refractivity contribution in [1.82, 2.24) is 10.3 Å². The summed E-state index contributed by atoms with van der Waals surface area (Å²) in [4.78, 5) is 17.5. The van der Waals surface area contributed by atoms with E-state index in [0.29, 0.717) is 6.42 Å². The zero-order valence-corrected chi connectivity index (χ0v) is 12.5. The summed E-state index contributed by atoms with van der Waals surface area (Å²) >= 11 is 1.59. The zero-order chi connectivity index (χ0) is 14.5. The largest absolute Gasteiger partial charge is 0.346 e. The van der Waals surface area contributed by atoms with Crippen molar-refractivity contribution in [2.45, 2.75) is 32.4 Å². The number of nitrogens with zero attached hydrogens (tertiary/aromatic N) is 1. The van der Waals surface area contributed by atoms with Crippen LogP contribution >= 0.6 is 11.3 Å². The maximum Gasteiger partial charge on any atom is 0.237 e. The Morgan fingerprint density at radius 3 is 2.70 bits per heavy atom. The molecule has 0 aliphatic carbocycles. The SMILES string of the molecule is Cc1cnc(C(C)NC(=O)[C@H](N)Cc2ccccc2)s1. The van der Waals surface area contributed by atoms with Gasteiger partial charge in [0.05, 0.1) is 12.1 Å². The predicted octanol–water partition coefficient (Wildman–Crippen LogP) is 2.20. The van der Waals surface area contributed by atoms with E-state index in [0.717, 1.165) is 15.4 Å². The number of aryl methyl sites for hydroxylation is 1.